The number of anilines is 1. The van der Waals surface area contributed by atoms with Crippen molar-refractivity contribution in [2.45, 2.75) is 25.8 Å². The summed E-state index contributed by atoms with van der Waals surface area (Å²) in [6.45, 7) is 3.34. The van der Waals surface area contributed by atoms with Gasteiger partial charge in [0.1, 0.15) is 10.7 Å². The molecule has 1 rings (SSSR count). The lowest BCUT2D eigenvalue weighted by Crippen LogP contribution is -2.43. The Bertz CT molecular complexity index is 372. The van der Waals surface area contributed by atoms with E-state index < -0.39 is 11.5 Å². The van der Waals surface area contributed by atoms with Crippen LogP contribution in [0, 0.1) is 0 Å². The van der Waals surface area contributed by atoms with Gasteiger partial charge in [0, 0.05) is 6.20 Å². The second kappa shape index (κ2) is 4.44. The summed E-state index contributed by atoms with van der Waals surface area (Å²) in [6, 6.07) is 1.52. The second-order valence-corrected chi connectivity index (χ2v) is 3.71. The topological polar surface area (TPSA) is 75.1 Å². The minimum atomic E-state index is -1.08. The van der Waals surface area contributed by atoms with Crippen molar-refractivity contribution in [1.29, 1.82) is 0 Å². The van der Waals surface area contributed by atoms with Gasteiger partial charge in [-0.05, 0) is 19.4 Å². The van der Waals surface area contributed by atoms with Gasteiger partial charge in [-0.25, -0.2) is 14.8 Å². The van der Waals surface area contributed by atoms with Gasteiger partial charge in [-0.15, -0.1) is 0 Å². The molecule has 0 bridgehead atoms. The summed E-state index contributed by atoms with van der Waals surface area (Å²) >= 11 is 5.66. The standard InChI is InChI=1S/C9H12ClN3O2/c1-3-9(2,7(14)15)13-8-11-5-4-6(10)12-8/h4-5H,3H2,1-2H3,(H,14,15)(H,11,12,13)/t9-/m1/s1. The molecule has 1 atom stereocenters. The number of hydrogen-bond acceptors (Lipinski definition) is 4. The van der Waals surface area contributed by atoms with Crippen molar-refractivity contribution in [1.82, 2.24) is 9.97 Å². The minimum Gasteiger partial charge on any atom is -0.480 e. The molecule has 82 valence electrons. The molecule has 0 fully saturated rings. The number of aromatic nitrogens is 2. The fourth-order valence-corrected chi connectivity index (χ4v) is 1.07. The third-order valence-electron chi connectivity index (χ3n) is 2.19. The molecular formula is C9H12ClN3O2. The predicted molar refractivity (Wildman–Crippen MR) is 57.0 cm³/mol. The number of halogens is 1. The molecule has 5 nitrogen and oxygen atoms in total. The molecule has 0 spiro atoms. The number of rotatable bonds is 4. The molecule has 0 aliphatic carbocycles. The van der Waals surface area contributed by atoms with Gasteiger partial charge in [0.15, 0.2) is 0 Å². The molecule has 0 saturated carbocycles. The molecule has 0 radical (unpaired) electrons. The van der Waals surface area contributed by atoms with Gasteiger partial charge < -0.3 is 10.4 Å². The van der Waals surface area contributed by atoms with Crippen LogP contribution in [-0.4, -0.2) is 26.6 Å². The number of nitrogens with one attached hydrogen (secondary N) is 1. The summed E-state index contributed by atoms with van der Waals surface area (Å²) < 4.78 is 0. The Kier molecular flexibility index (Phi) is 3.47. The van der Waals surface area contributed by atoms with Gasteiger partial charge in [0.2, 0.25) is 5.95 Å². The van der Waals surface area contributed by atoms with Gasteiger partial charge in [-0.3, -0.25) is 0 Å². The molecule has 0 aromatic carbocycles. The quantitative estimate of drug-likeness (QED) is 0.770. The first-order chi connectivity index (χ1) is 6.98. The van der Waals surface area contributed by atoms with E-state index in [0.717, 1.165) is 0 Å². The number of carbonyl (C=O) groups is 1. The summed E-state index contributed by atoms with van der Waals surface area (Å²) in [5.41, 5.74) is -1.08. The lowest BCUT2D eigenvalue weighted by atomic mass is 10.00. The van der Waals surface area contributed by atoms with Crippen LogP contribution < -0.4 is 5.32 Å². The highest BCUT2D eigenvalue weighted by atomic mass is 35.5. The number of aliphatic carboxylic acids is 1. The van der Waals surface area contributed by atoms with Crippen LogP contribution in [-0.2, 0) is 4.79 Å². The van der Waals surface area contributed by atoms with Gasteiger partial charge in [-0.1, -0.05) is 18.5 Å². The lowest BCUT2D eigenvalue weighted by Gasteiger charge is -2.24. The van der Waals surface area contributed by atoms with Crippen LogP contribution in [0.3, 0.4) is 0 Å². The minimum absolute atomic E-state index is 0.217. The lowest BCUT2D eigenvalue weighted by molar-refractivity contribution is -0.141. The molecule has 1 aromatic rings. The van der Waals surface area contributed by atoms with Crippen LogP contribution >= 0.6 is 11.6 Å². The van der Waals surface area contributed by atoms with Crippen LogP contribution in [0.1, 0.15) is 20.3 Å². The molecule has 1 aromatic heterocycles. The molecule has 0 aliphatic rings. The van der Waals surface area contributed by atoms with Crippen molar-refractivity contribution in [3.8, 4) is 0 Å². The zero-order valence-electron chi connectivity index (χ0n) is 8.49. The zero-order chi connectivity index (χ0) is 11.5. The van der Waals surface area contributed by atoms with Gasteiger partial charge in [-0.2, -0.15) is 0 Å². The average Bonchev–Trinajstić information content (AvgIpc) is 2.17. The SMILES string of the molecule is CC[C@@](C)(Nc1nccc(Cl)n1)C(=O)O. The van der Waals surface area contributed by atoms with E-state index in [-0.39, 0.29) is 11.1 Å². The molecule has 0 saturated heterocycles. The number of nitrogens with zero attached hydrogens (tertiary/aromatic N) is 2. The van der Waals surface area contributed by atoms with Crippen molar-refractivity contribution in [3.63, 3.8) is 0 Å². The van der Waals surface area contributed by atoms with Crippen molar-refractivity contribution < 1.29 is 9.90 Å². The Balaban J connectivity index is 2.89. The highest BCUT2D eigenvalue weighted by Gasteiger charge is 2.31. The summed E-state index contributed by atoms with van der Waals surface area (Å²) in [6.07, 6.45) is 1.88. The van der Waals surface area contributed by atoms with Gasteiger partial charge in [0.25, 0.3) is 0 Å². The summed E-state index contributed by atoms with van der Waals surface area (Å²) in [7, 11) is 0. The predicted octanol–water partition coefficient (Wildman–Crippen LogP) is 1.80. The molecule has 2 N–H and O–H groups in total. The molecule has 15 heavy (non-hydrogen) atoms. The average molecular weight is 230 g/mol. The maximum Gasteiger partial charge on any atom is 0.329 e. The van der Waals surface area contributed by atoms with Crippen LogP contribution in [0.15, 0.2) is 12.3 Å². The van der Waals surface area contributed by atoms with Gasteiger partial charge >= 0.3 is 5.97 Å². The molecule has 0 unspecified atom stereocenters. The van der Waals surface area contributed by atoms with Crippen molar-refractivity contribution in [3.05, 3.63) is 17.4 Å². The second-order valence-electron chi connectivity index (χ2n) is 3.32. The van der Waals surface area contributed by atoms with Crippen LogP contribution in [0.2, 0.25) is 5.15 Å². The Morgan fingerprint density at radius 2 is 2.40 bits per heavy atom. The van der Waals surface area contributed by atoms with E-state index in [1.54, 1.807) is 13.8 Å². The van der Waals surface area contributed by atoms with Crippen molar-refractivity contribution in [2.75, 3.05) is 5.32 Å². The first-order valence-electron chi connectivity index (χ1n) is 4.48. The highest BCUT2D eigenvalue weighted by molar-refractivity contribution is 6.29. The third kappa shape index (κ3) is 2.79. The maximum absolute atomic E-state index is 11.0. The largest absolute Gasteiger partial charge is 0.480 e. The van der Waals surface area contributed by atoms with Crippen molar-refractivity contribution in [2.24, 2.45) is 0 Å². The van der Waals surface area contributed by atoms with E-state index >= 15 is 0 Å². The Labute approximate surface area is 92.5 Å². The number of carboxylic acids is 1. The van der Waals surface area contributed by atoms with Crippen LogP contribution in [0.5, 0.6) is 0 Å². The zero-order valence-corrected chi connectivity index (χ0v) is 9.25. The molecule has 1 heterocycles. The third-order valence-corrected chi connectivity index (χ3v) is 2.40. The molecule has 6 heteroatoms. The van der Waals surface area contributed by atoms with Crippen molar-refractivity contribution >= 4 is 23.5 Å². The maximum atomic E-state index is 11.0. The Morgan fingerprint density at radius 1 is 1.73 bits per heavy atom. The fourth-order valence-electron chi connectivity index (χ4n) is 0.937. The van der Waals surface area contributed by atoms with E-state index in [1.165, 1.54) is 12.3 Å². The normalized spacial score (nSPS) is 14.3. The molecule has 0 aliphatic heterocycles. The summed E-state index contributed by atoms with van der Waals surface area (Å²) in [5.74, 6) is -0.733. The molecule has 0 amide bonds. The van der Waals surface area contributed by atoms with E-state index in [4.69, 9.17) is 16.7 Å². The summed E-state index contributed by atoms with van der Waals surface area (Å²) in [5, 5.41) is 12.0. The van der Waals surface area contributed by atoms with Gasteiger partial charge in [0.05, 0.1) is 0 Å². The first kappa shape index (κ1) is 11.7. The van der Waals surface area contributed by atoms with E-state index in [0.29, 0.717) is 6.42 Å². The fraction of sp³-hybridized carbons (Fsp3) is 0.444. The monoisotopic (exact) mass is 229 g/mol. The number of carboxylic acid groups (broad SMARTS) is 1. The van der Waals surface area contributed by atoms with E-state index in [1.807, 2.05) is 0 Å². The van der Waals surface area contributed by atoms with Crippen LogP contribution in [0.4, 0.5) is 5.95 Å². The Hall–Kier alpha value is -1.36. The smallest absolute Gasteiger partial charge is 0.329 e. The molecular weight excluding hydrogens is 218 g/mol. The number of hydrogen-bond donors (Lipinski definition) is 2. The van der Waals surface area contributed by atoms with E-state index in [9.17, 15) is 4.79 Å². The highest BCUT2D eigenvalue weighted by Crippen LogP contribution is 2.16. The Morgan fingerprint density at radius 3 is 2.87 bits per heavy atom. The summed E-state index contributed by atoms with van der Waals surface area (Å²) in [4.78, 5) is 18.7. The van der Waals surface area contributed by atoms with E-state index in [2.05, 4.69) is 15.3 Å². The van der Waals surface area contributed by atoms with Crippen LogP contribution in [0.25, 0.3) is 0 Å². The first-order valence-corrected chi connectivity index (χ1v) is 4.86.